The summed E-state index contributed by atoms with van der Waals surface area (Å²) in [5.41, 5.74) is 0. The van der Waals surface area contributed by atoms with Gasteiger partial charge in [-0.15, -0.1) is 6.58 Å². The molecular formula is C14H15NO3S. The Kier molecular flexibility index (Phi) is 3.87. The summed E-state index contributed by atoms with van der Waals surface area (Å²) in [5.74, 6) is 0.651. The number of sulfonamides is 1. The number of fused-ring (bicyclic) bond motifs is 1. The van der Waals surface area contributed by atoms with E-state index in [0.29, 0.717) is 11.1 Å². The van der Waals surface area contributed by atoms with Crippen LogP contribution in [0, 0.1) is 0 Å². The van der Waals surface area contributed by atoms with Crippen molar-refractivity contribution in [3.05, 3.63) is 49.1 Å². The van der Waals surface area contributed by atoms with Crippen LogP contribution in [0.25, 0.3) is 10.8 Å². The lowest BCUT2D eigenvalue weighted by Crippen LogP contribution is -2.23. The van der Waals surface area contributed by atoms with Crippen LogP contribution in [-0.2, 0) is 10.0 Å². The molecule has 0 radical (unpaired) electrons. The lowest BCUT2D eigenvalue weighted by Gasteiger charge is -2.11. The van der Waals surface area contributed by atoms with Gasteiger partial charge in [0, 0.05) is 17.3 Å². The highest BCUT2D eigenvalue weighted by atomic mass is 32.2. The fourth-order valence-electron chi connectivity index (χ4n) is 1.90. The molecule has 2 aromatic carbocycles. The van der Waals surface area contributed by atoms with Gasteiger partial charge >= 0.3 is 0 Å². The third-order valence-electron chi connectivity index (χ3n) is 2.77. The molecule has 4 nitrogen and oxygen atoms in total. The summed E-state index contributed by atoms with van der Waals surface area (Å²) in [7, 11) is -1.99. The molecule has 0 atom stereocenters. The van der Waals surface area contributed by atoms with E-state index in [4.69, 9.17) is 4.74 Å². The van der Waals surface area contributed by atoms with Crippen LogP contribution in [0.5, 0.6) is 5.75 Å². The van der Waals surface area contributed by atoms with E-state index < -0.39 is 10.0 Å². The van der Waals surface area contributed by atoms with Gasteiger partial charge in [0.05, 0.1) is 12.0 Å². The Morgan fingerprint density at radius 1 is 1.21 bits per heavy atom. The summed E-state index contributed by atoms with van der Waals surface area (Å²) in [6.07, 6.45) is 1.50. The van der Waals surface area contributed by atoms with Gasteiger partial charge in [-0.1, -0.05) is 30.3 Å². The predicted molar refractivity (Wildman–Crippen MR) is 75.9 cm³/mol. The normalized spacial score (nSPS) is 11.4. The fraction of sp³-hybridized carbons (Fsp3) is 0.143. The number of hydrogen-bond donors (Lipinski definition) is 1. The number of ether oxygens (including phenoxy) is 1. The van der Waals surface area contributed by atoms with Crippen molar-refractivity contribution in [2.45, 2.75) is 4.90 Å². The Hall–Kier alpha value is -1.85. The number of benzene rings is 2. The average Bonchev–Trinajstić information content (AvgIpc) is 2.43. The van der Waals surface area contributed by atoms with E-state index in [2.05, 4.69) is 11.3 Å². The number of nitrogens with one attached hydrogen (secondary N) is 1. The Morgan fingerprint density at radius 2 is 1.89 bits per heavy atom. The van der Waals surface area contributed by atoms with Gasteiger partial charge in [-0.25, -0.2) is 13.1 Å². The maximum atomic E-state index is 12.2. The Morgan fingerprint density at radius 3 is 2.53 bits per heavy atom. The first-order valence-corrected chi connectivity index (χ1v) is 7.25. The third-order valence-corrected chi connectivity index (χ3v) is 4.25. The van der Waals surface area contributed by atoms with Crippen LogP contribution in [0.2, 0.25) is 0 Å². The molecule has 0 saturated heterocycles. The van der Waals surface area contributed by atoms with Crippen molar-refractivity contribution in [3.8, 4) is 5.75 Å². The van der Waals surface area contributed by atoms with Gasteiger partial charge < -0.3 is 4.74 Å². The van der Waals surface area contributed by atoms with Crippen molar-refractivity contribution in [2.75, 3.05) is 13.7 Å². The molecule has 0 bridgehead atoms. The molecule has 0 fully saturated rings. The minimum atomic E-state index is -3.55. The van der Waals surface area contributed by atoms with E-state index in [9.17, 15) is 8.42 Å². The number of hydrogen-bond acceptors (Lipinski definition) is 3. The van der Waals surface area contributed by atoms with Crippen LogP contribution in [0.3, 0.4) is 0 Å². The van der Waals surface area contributed by atoms with Gasteiger partial charge in [-0.2, -0.15) is 0 Å². The van der Waals surface area contributed by atoms with Crippen LogP contribution >= 0.6 is 0 Å². The number of methoxy groups -OCH3 is 1. The SMILES string of the molecule is C=CCNS(=O)(=O)c1ccc(OC)c2ccccc12. The molecule has 0 amide bonds. The molecular weight excluding hydrogens is 262 g/mol. The smallest absolute Gasteiger partial charge is 0.241 e. The van der Waals surface area contributed by atoms with Crippen LogP contribution in [0.4, 0.5) is 0 Å². The minimum Gasteiger partial charge on any atom is -0.496 e. The Bertz CT molecular complexity index is 708. The fourth-order valence-corrected chi connectivity index (χ4v) is 3.11. The zero-order valence-corrected chi connectivity index (χ0v) is 11.4. The van der Waals surface area contributed by atoms with Crippen molar-refractivity contribution in [2.24, 2.45) is 0 Å². The number of rotatable bonds is 5. The van der Waals surface area contributed by atoms with Gasteiger partial charge in [-0.3, -0.25) is 0 Å². The summed E-state index contributed by atoms with van der Waals surface area (Å²) >= 11 is 0. The second-order valence-corrected chi connectivity index (χ2v) is 5.69. The zero-order valence-electron chi connectivity index (χ0n) is 10.6. The summed E-state index contributed by atoms with van der Waals surface area (Å²) in [5, 5.41) is 1.41. The van der Waals surface area contributed by atoms with Gasteiger partial charge in [0.1, 0.15) is 5.75 Å². The topological polar surface area (TPSA) is 55.4 Å². The van der Waals surface area contributed by atoms with Crippen molar-refractivity contribution >= 4 is 20.8 Å². The first kappa shape index (κ1) is 13.6. The molecule has 19 heavy (non-hydrogen) atoms. The maximum absolute atomic E-state index is 12.2. The summed E-state index contributed by atoms with van der Waals surface area (Å²) < 4.78 is 32.1. The molecule has 0 aliphatic carbocycles. The summed E-state index contributed by atoms with van der Waals surface area (Å²) in [6, 6.07) is 10.4. The second-order valence-electron chi connectivity index (χ2n) is 3.95. The lowest BCUT2D eigenvalue weighted by molar-refractivity contribution is 0.419. The van der Waals surface area contributed by atoms with Crippen molar-refractivity contribution in [1.29, 1.82) is 0 Å². The van der Waals surface area contributed by atoms with Crippen molar-refractivity contribution < 1.29 is 13.2 Å². The quantitative estimate of drug-likeness (QED) is 0.853. The first-order chi connectivity index (χ1) is 9.10. The molecule has 2 aromatic rings. The third kappa shape index (κ3) is 2.62. The van der Waals surface area contributed by atoms with Crippen LogP contribution in [0.1, 0.15) is 0 Å². The van der Waals surface area contributed by atoms with E-state index in [-0.39, 0.29) is 11.4 Å². The molecule has 0 spiro atoms. The van der Waals surface area contributed by atoms with Crippen molar-refractivity contribution in [1.82, 2.24) is 4.72 Å². The van der Waals surface area contributed by atoms with Gasteiger partial charge in [0.2, 0.25) is 10.0 Å². The molecule has 5 heteroatoms. The lowest BCUT2D eigenvalue weighted by atomic mass is 10.1. The predicted octanol–water partition coefficient (Wildman–Crippen LogP) is 2.31. The molecule has 1 N–H and O–H groups in total. The molecule has 2 rings (SSSR count). The molecule has 0 aliphatic rings. The van der Waals surface area contributed by atoms with Crippen LogP contribution in [0.15, 0.2) is 53.9 Å². The Labute approximate surface area is 112 Å². The van der Waals surface area contributed by atoms with E-state index >= 15 is 0 Å². The second kappa shape index (κ2) is 5.42. The van der Waals surface area contributed by atoms with Crippen LogP contribution < -0.4 is 9.46 Å². The van der Waals surface area contributed by atoms with Gasteiger partial charge in [-0.05, 0) is 12.1 Å². The standard InChI is InChI=1S/C14H15NO3S/c1-3-10-15-19(16,17)14-9-8-13(18-2)11-6-4-5-7-12(11)14/h3-9,15H,1,10H2,2H3. The summed E-state index contributed by atoms with van der Waals surface area (Å²) in [6.45, 7) is 3.70. The highest BCUT2D eigenvalue weighted by Gasteiger charge is 2.17. The Balaban J connectivity index is 2.66. The molecule has 0 aromatic heterocycles. The van der Waals surface area contributed by atoms with E-state index in [1.165, 1.54) is 6.08 Å². The average molecular weight is 277 g/mol. The molecule has 0 heterocycles. The molecule has 100 valence electrons. The van der Waals surface area contributed by atoms with Gasteiger partial charge in [0.25, 0.3) is 0 Å². The van der Waals surface area contributed by atoms with Crippen LogP contribution in [-0.4, -0.2) is 22.1 Å². The molecule has 0 saturated carbocycles. The summed E-state index contributed by atoms with van der Waals surface area (Å²) in [4.78, 5) is 0.241. The molecule has 0 unspecified atom stereocenters. The van der Waals surface area contributed by atoms with E-state index in [1.54, 1.807) is 31.4 Å². The van der Waals surface area contributed by atoms with Gasteiger partial charge in [0.15, 0.2) is 0 Å². The first-order valence-electron chi connectivity index (χ1n) is 5.76. The highest BCUT2D eigenvalue weighted by molar-refractivity contribution is 7.89. The maximum Gasteiger partial charge on any atom is 0.241 e. The highest BCUT2D eigenvalue weighted by Crippen LogP contribution is 2.30. The van der Waals surface area contributed by atoms with Crippen molar-refractivity contribution in [3.63, 3.8) is 0 Å². The molecule has 0 aliphatic heterocycles. The zero-order chi connectivity index (χ0) is 13.9. The largest absolute Gasteiger partial charge is 0.496 e. The minimum absolute atomic E-state index is 0.197. The van der Waals surface area contributed by atoms with E-state index in [1.807, 2.05) is 12.1 Å². The van der Waals surface area contributed by atoms with E-state index in [0.717, 1.165) is 5.39 Å². The monoisotopic (exact) mass is 277 g/mol.